The molecule has 7 heteroatoms. The number of carbonyl (C=O) groups excluding carboxylic acids is 1. The molecule has 1 N–H and O–H groups in total. The van der Waals surface area contributed by atoms with Crippen LogP contribution >= 0.6 is 34.2 Å². The molecule has 0 aliphatic heterocycles. The van der Waals surface area contributed by atoms with Crippen molar-refractivity contribution < 1.29 is 4.79 Å². The minimum atomic E-state index is -0.230. The maximum absolute atomic E-state index is 11.6. The van der Waals surface area contributed by atoms with Crippen LogP contribution in [0.2, 0.25) is 5.02 Å². The van der Waals surface area contributed by atoms with Gasteiger partial charge in [0, 0.05) is 27.1 Å². The van der Waals surface area contributed by atoms with E-state index in [0.29, 0.717) is 17.1 Å². The Morgan fingerprint density at radius 1 is 1.62 bits per heavy atom. The van der Waals surface area contributed by atoms with Crippen molar-refractivity contribution in [2.45, 2.75) is 0 Å². The first-order valence-electron chi connectivity index (χ1n) is 4.39. The van der Waals surface area contributed by atoms with Crippen LogP contribution in [-0.2, 0) is 0 Å². The van der Waals surface area contributed by atoms with Crippen LogP contribution in [0.4, 0.5) is 0 Å². The number of carbonyl (C=O) groups is 1. The Balaban J connectivity index is 2.59. The topological polar surface area (TPSA) is 77.9 Å². The van der Waals surface area contributed by atoms with Gasteiger partial charge < -0.3 is 5.32 Å². The standard InChI is InChI=1S/C9H8ClIN4O/c10-7-5-6(1-2-8(7)11)9(16)13-3-4-14-15-12/h1-2,5H,3-4H2,(H,13,16). The van der Waals surface area contributed by atoms with E-state index in [1.165, 1.54) is 0 Å². The highest BCUT2D eigenvalue weighted by Crippen LogP contribution is 2.19. The molecule has 0 saturated heterocycles. The number of amides is 1. The highest BCUT2D eigenvalue weighted by atomic mass is 127. The number of azide groups is 1. The Labute approximate surface area is 111 Å². The highest BCUT2D eigenvalue weighted by Gasteiger charge is 2.06. The van der Waals surface area contributed by atoms with Gasteiger partial charge in [-0.05, 0) is 46.3 Å². The summed E-state index contributed by atoms with van der Waals surface area (Å²) in [6.45, 7) is 0.548. The van der Waals surface area contributed by atoms with E-state index in [1.54, 1.807) is 18.2 Å². The molecule has 0 fully saturated rings. The Hall–Kier alpha value is -0.980. The van der Waals surface area contributed by atoms with Gasteiger partial charge in [-0.1, -0.05) is 16.7 Å². The molecule has 1 amide bonds. The summed E-state index contributed by atoms with van der Waals surface area (Å²) in [5.41, 5.74) is 8.53. The van der Waals surface area contributed by atoms with Crippen LogP contribution in [0.5, 0.6) is 0 Å². The van der Waals surface area contributed by atoms with Crippen molar-refractivity contribution in [1.29, 1.82) is 0 Å². The van der Waals surface area contributed by atoms with Crippen molar-refractivity contribution in [3.63, 3.8) is 0 Å². The van der Waals surface area contributed by atoms with Crippen molar-refractivity contribution in [2.75, 3.05) is 13.1 Å². The molecule has 0 spiro atoms. The van der Waals surface area contributed by atoms with Gasteiger partial charge in [0.2, 0.25) is 0 Å². The zero-order chi connectivity index (χ0) is 12.0. The Morgan fingerprint density at radius 2 is 2.38 bits per heavy atom. The van der Waals surface area contributed by atoms with Gasteiger partial charge in [0.1, 0.15) is 0 Å². The SMILES string of the molecule is [N-]=[N+]=NCCNC(=O)c1ccc(I)c(Cl)c1. The van der Waals surface area contributed by atoms with E-state index in [-0.39, 0.29) is 12.5 Å². The quantitative estimate of drug-likeness (QED) is 0.293. The molecule has 84 valence electrons. The number of rotatable bonds is 4. The van der Waals surface area contributed by atoms with Crippen molar-refractivity contribution in [1.82, 2.24) is 5.32 Å². The fourth-order valence-corrected chi connectivity index (χ4v) is 1.52. The molecule has 0 atom stereocenters. The molecule has 0 saturated carbocycles. The van der Waals surface area contributed by atoms with Crippen molar-refractivity contribution >= 4 is 40.1 Å². The fourth-order valence-electron chi connectivity index (χ4n) is 1.00. The molecule has 0 heterocycles. The van der Waals surface area contributed by atoms with Crippen LogP contribution in [0.3, 0.4) is 0 Å². The van der Waals surface area contributed by atoms with Crippen LogP contribution in [0, 0.1) is 3.57 Å². The molecule has 0 aromatic heterocycles. The molecule has 1 rings (SSSR count). The largest absolute Gasteiger partial charge is 0.352 e. The van der Waals surface area contributed by atoms with Crippen molar-refractivity contribution in [2.24, 2.45) is 5.11 Å². The predicted octanol–water partition coefficient (Wildman–Crippen LogP) is 2.98. The average molecular weight is 351 g/mol. The summed E-state index contributed by atoms with van der Waals surface area (Å²) in [6, 6.07) is 5.06. The normalized spacial score (nSPS) is 9.38. The smallest absolute Gasteiger partial charge is 0.251 e. The van der Waals surface area contributed by atoms with Gasteiger partial charge in [-0.25, -0.2) is 0 Å². The van der Waals surface area contributed by atoms with Crippen LogP contribution in [-0.4, -0.2) is 19.0 Å². The van der Waals surface area contributed by atoms with E-state index < -0.39 is 0 Å². The fraction of sp³-hybridized carbons (Fsp3) is 0.222. The maximum atomic E-state index is 11.6. The molecule has 0 unspecified atom stereocenters. The first-order chi connectivity index (χ1) is 7.65. The van der Waals surface area contributed by atoms with Gasteiger partial charge >= 0.3 is 0 Å². The number of hydrogen-bond acceptors (Lipinski definition) is 2. The lowest BCUT2D eigenvalue weighted by Crippen LogP contribution is -2.25. The number of nitrogens with zero attached hydrogens (tertiary/aromatic N) is 3. The van der Waals surface area contributed by atoms with Crippen molar-refractivity contribution in [3.05, 3.63) is 42.8 Å². The summed E-state index contributed by atoms with van der Waals surface area (Å²) in [4.78, 5) is 14.1. The molecular formula is C9H8ClIN4O. The lowest BCUT2D eigenvalue weighted by Gasteiger charge is -2.04. The third kappa shape index (κ3) is 3.88. The molecule has 5 nitrogen and oxygen atoms in total. The van der Waals surface area contributed by atoms with E-state index >= 15 is 0 Å². The lowest BCUT2D eigenvalue weighted by atomic mass is 10.2. The molecule has 0 aliphatic carbocycles. The summed E-state index contributed by atoms with van der Waals surface area (Å²) >= 11 is 7.97. The monoisotopic (exact) mass is 350 g/mol. The van der Waals surface area contributed by atoms with E-state index in [9.17, 15) is 4.79 Å². The van der Waals surface area contributed by atoms with Crippen LogP contribution < -0.4 is 5.32 Å². The van der Waals surface area contributed by atoms with Gasteiger partial charge in [0.15, 0.2) is 0 Å². The molecule has 0 bridgehead atoms. The van der Waals surface area contributed by atoms with Crippen LogP contribution in [0.25, 0.3) is 10.4 Å². The predicted molar refractivity (Wildman–Crippen MR) is 70.5 cm³/mol. The summed E-state index contributed by atoms with van der Waals surface area (Å²) in [5, 5.41) is 6.47. The molecule has 1 aromatic carbocycles. The second-order valence-electron chi connectivity index (χ2n) is 2.84. The van der Waals surface area contributed by atoms with Gasteiger partial charge in [0.25, 0.3) is 5.91 Å². The lowest BCUT2D eigenvalue weighted by molar-refractivity contribution is 0.0955. The number of hydrogen-bond donors (Lipinski definition) is 1. The Bertz CT molecular complexity index is 445. The van der Waals surface area contributed by atoms with E-state index in [2.05, 4.69) is 37.9 Å². The maximum Gasteiger partial charge on any atom is 0.251 e. The minimum absolute atomic E-state index is 0.230. The number of halogens is 2. The summed E-state index contributed by atoms with van der Waals surface area (Å²) < 4.78 is 0.893. The highest BCUT2D eigenvalue weighted by molar-refractivity contribution is 14.1. The molecule has 0 radical (unpaired) electrons. The summed E-state index contributed by atoms with van der Waals surface area (Å²) in [7, 11) is 0. The summed E-state index contributed by atoms with van der Waals surface area (Å²) in [5.74, 6) is -0.230. The van der Waals surface area contributed by atoms with Gasteiger partial charge in [-0.3, -0.25) is 4.79 Å². The zero-order valence-corrected chi connectivity index (χ0v) is 11.1. The molecule has 1 aromatic rings. The van der Waals surface area contributed by atoms with E-state index in [0.717, 1.165) is 3.57 Å². The average Bonchev–Trinajstić information content (AvgIpc) is 2.28. The number of benzene rings is 1. The van der Waals surface area contributed by atoms with Gasteiger partial charge in [-0.2, -0.15) is 0 Å². The van der Waals surface area contributed by atoms with Crippen molar-refractivity contribution in [3.8, 4) is 0 Å². The van der Waals surface area contributed by atoms with E-state index in [1.807, 2.05) is 0 Å². The second-order valence-corrected chi connectivity index (χ2v) is 4.41. The molecule has 0 aliphatic rings. The van der Waals surface area contributed by atoms with Gasteiger partial charge in [-0.15, -0.1) is 0 Å². The second kappa shape index (κ2) is 6.57. The van der Waals surface area contributed by atoms with E-state index in [4.69, 9.17) is 17.1 Å². The third-order valence-electron chi connectivity index (χ3n) is 1.74. The van der Waals surface area contributed by atoms with Gasteiger partial charge in [0.05, 0.1) is 5.02 Å². The number of nitrogens with one attached hydrogen (secondary N) is 1. The van der Waals surface area contributed by atoms with Crippen LogP contribution in [0.1, 0.15) is 10.4 Å². The molecule has 16 heavy (non-hydrogen) atoms. The first kappa shape index (κ1) is 13.1. The molecular weight excluding hydrogens is 342 g/mol. The van der Waals surface area contributed by atoms with Crippen LogP contribution in [0.15, 0.2) is 23.3 Å². The Kier molecular flexibility index (Phi) is 5.37. The first-order valence-corrected chi connectivity index (χ1v) is 5.85. The third-order valence-corrected chi connectivity index (χ3v) is 3.31. The summed E-state index contributed by atoms with van der Waals surface area (Å²) in [6.07, 6.45) is 0. The zero-order valence-electron chi connectivity index (χ0n) is 8.15. The minimum Gasteiger partial charge on any atom is -0.352 e. The Morgan fingerprint density at radius 3 is 3.00 bits per heavy atom.